The van der Waals surface area contributed by atoms with Crippen molar-refractivity contribution in [2.24, 2.45) is 0 Å². The topological polar surface area (TPSA) is 79.0 Å². The predicted molar refractivity (Wildman–Crippen MR) is 24.6 cm³/mol. The van der Waals surface area contributed by atoms with Gasteiger partial charge in [0.15, 0.2) is 0 Å². The summed E-state index contributed by atoms with van der Waals surface area (Å²) in [5.41, 5.74) is 5.51. The van der Waals surface area contributed by atoms with Gasteiger partial charge in [-0.3, -0.25) is 0 Å². The molecule has 0 amide bonds. The summed E-state index contributed by atoms with van der Waals surface area (Å²) >= 11 is 0. The van der Waals surface area contributed by atoms with Gasteiger partial charge in [0.25, 0.3) is 5.82 Å². The van der Waals surface area contributed by atoms with Gasteiger partial charge in [-0.05, 0) is 5.16 Å². The molecule has 0 spiro atoms. The van der Waals surface area contributed by atoms with Gasteiger partial charge >= 0.3 is 0 Å². The lowest BCUT2D eigenvalue weighted by atomic mass is 10.5. The second kappa shape index (κ2) is 1.36. The normalized spacial score (nSPS) is 9.62. The Labute approximate surface area is 45.2 Å². The van der Waals surface area contributed by atoms with Crippen LogP contribution in [0.25, 0.3) is 0 Å². The van der Waals surface area contributed by atoms with Crippen LogP contribution >= 0.6 is 0 Å². The molecule has 5 heteroatoms. The highest BCUT2D eigenvalue weighted by molar-refractivity contribution is 5.23. The van der Waals surface area contributed by atoms with Crippen molar-refractivity contribution in [1.82, 2.24) is 5.16 Å². The molecular formula is C3H5N3O2. The van der Waals surface area contributed by atoms with Gasteiger partial charge in [-0.15, -0.1) is 0 Å². The number of nitrogens with zero attached hydrogens (tertiary/aromatic N) is 2. The van der Waals surface area contributed by atoms with E-state index in [0.717, 1.165) is 0 Å². The van der Waals surface area contributed by atoms with Crippen molar-refractivity contribution in [1.29, 1.82) is 0 Å². The molecule has 0 bridgehead atoms. The molecule has 0 aromatic carbocycles. The highest BCUT2D eigenvalue weighted by atomic mass is 16.8. The average molecular weight is 115 g/mol. The second-order valence-electron chi connectivity index (χ2n) is 1.40. The van der Waals surface area contributed by atoms with Crippen LogP contribution in [0.5, 0.6) is 0 Å². The molecule has 0 saturated carbocycles. The minimum atomic E-state index is 0.0185. The Morgan fingerprint density at radius 3 is 2.62 bits per heavy atom. The molecule has 1 heterocycles. The molecule has 44 valence electrons. The number of aromatic nitrogens is 2. The molecule has 8 heavy (non-hydrogen) atoms. The highest BCUT2D eigenvalue weighted by Gasteiger charge is 2.05. The van der Waals surface area contributed by atoms with E-state index in [2.05, 4.69) is 9.79 Å². The van der Waals surface area contributed by atoms with Crippen LogP contribution in [-0.4, -0.2) is 5.16 Å². The van der Waals surface area contributed by atoms with E-state index in [1.165, 1.54) is 0 Å². The van der Waals surface area contributed by atoms with E-state index >= 15 is 0 Å². The Morgan fingerprint density at radius 1 is 1.88 bits per heavy atom. The maximum Gasteiger partial charge on any atom is 0.295 e. The van der Waals surface area contributed by atoms with Gasteiger partial charge in [0.2, 0.25) is 5.69 Å². The van der Waals surface area contributed by atoms with Crippen molar-refractivity contribution in [2.45, 2.75) is 6.92 Å². The second-order valence-corrected chi connectivity index (χ2v) is 1.40. The number of hydrogen-bond acceptors (Lipinski definition) is 4. The Morgan fingerprint density at radius 2 is 2.50 bits per heavy atom. The molecule has 0 aliphatic carbocycles. The monoisotopic (exact) mass is 115 g/mol. The van der Waals surface area contributed by atoms with Crippen LogP contribution in [0.2, 0.25) is 0 Å². The standard InChI is InChI=1S/C3H5N3O2/c1-2-3(4)6(7)8-5-2/h4H2,1H3. The SMILES string of the molecule is Cc1no[n+]([O-])c1N. The van der Waals surface area contributed by atoms with Crippen molar-refractivity contribution >= 4 is 5.82 Å². The van der Waals surface area contributed by atoms with Crippen LogP contribution in [0.3, 0.4) is 0 Å². The smallest absolute Gasteiger partial charge is 0.295 e. The third kappa shape index (κ3) is 0.481. The van der Waals surface area contributed by atoms with Gasteiger partial charge in [-0.1, -0.05) is 4.90 Å². The van der Waals surface area contributed by atoms with Gasteiger partial charge in [-0.2, -0.15) is 0 Å². The summed E-state index contributed by atoms with van der Waals surface area (Å²) < 4.78 is 4.08. The lowest BCUT2D eigenvalue weighted by Gasteiger charge is -1.84. The molecule has 2 N–H and O–H groups in total. The quantitative estimate of drug-likeness (QED) is 0.449. The minimum absolute atomic E-state index is 0.0185. The lowest BCUT2D eigenvalue weighted by Crippen LogP contribution is -2.26. The molecule has 5 nitrogen and oxygen atoms in total. The maximum absolute atomic E-state index is 10.2. The Hall–Kier alpha value is -1.26. The number of aryl methyl sites for hydroxylation is 1. The molecule has 0 atom stereocenters. The largest absolute Gasteiger partial charge is 0.391 e. The van der Waals surface area contributed by atoms with Crippen LogP contribution in [0.1, 0.15) is 5.69 Å². The van der Waals surface area contributed by atoms with E-state index < -0.39 is 0 Å². The van der Waals surface area contributed by atoms with E-state index in [1.54, 1.807) is 6.92 Å². The first-order valence-corrected chi connectivity index (χ1v) is 2.03. The summed E-state index contributed by atoms with van der Waals surface area (Å²) in [5.74, 6) is 0.0185. The maximum atomic E-state index is 10.2. The molecule has 0 fully saturated rings. The zero-order valence-corrected chi connectivity index (χ0v) is 4.29. The van der Waals surface area contributed by atoms with Crippen LogP contribution in [0, 0.1) is 12.1 Å². The summed E-state index contributed by atoms with van der Waals surface area (Å²) in [5, 5.41) is 13.5. The Bertz CT molecular complexity index is 175. The zero-order valence-electron chi connectivity index (χ0n) is 4.29. The summed E-state index contributed by atoms with van der Waals surface area (Å²) in [4.78, 5) is 0.162. The van der Waals surface area contributed by atoms with Gasteiger partial charge in [-0.25, -0.2) is 0 Å². The van der Waals surface area contributed by atoms with Crippen molar-refractivity contribution < 1.29 is 9.53 Å². The van der Waals surface area contributed by atoms with E-state index in [4.69, 9.17) is 5.73 Å². The Balaban J connectivity index is 3.19. The molecule has 0 unspecified atom stereocenters. The van der Waals surface area contributed by atoms with Gasteiger partial charge in [0.05, 0.1) is 0 Å². The summed E-state index contributed by atoms with van der Waals surface area (Å²) in [6.07, 6.45) is 0. The van der Waals surface area contributed by atoms with Crippen molar-refractivity contribution in [3.05, 3.63) is 10.9 Å². The zero-order chi connectivity index (χ0) is 6.15. The number of anilines is 1. The average Bonchev–Trinajstić information content (AvgIpc) is 1.98. The third-order valence-electron chi connectivity index (χ3n) is 0.819. The first kappa shape index (κ1) is 4.89. The molecule has 1 aromatic rings. The minimum Gasteiger partial charge on any atom is -0.391 e. The third-order valence-corrected chi connectivity index (χ3v) is 0.819. The fourth-order valence-corrected chi connectivity index (χ4v) is 0.321. The molecular weight excluding hydrogens is 110 g/mol. The first-order valence-electron chi connectivity index (χ1n) is 2.03. The van der Waals surface area contributed by atoms with Crippen LogP contribution < -0.4 is 10.6 Å². The number of rotatable bonds is 0. The molecule has 0 aliphatic rings. The first-order chi connectivity index (χ1) is 3.72. The number of hydrogen-bond donors (Lipinski definition) is 1. The van der Waals surface area contributed by atoms with E-state index in [-0.39, 0.29) is 10.7 Å². The van der Waals surface area contributed by atoms with E-state index in [1.807, 2.05) is 0 Å². The van der Waals surface area contributed by atoms with Crippen molar-refractivity contribution in [3.8, 4) is 0 Å². The fourth-order valence-electron chi connectivity index (χ4n) is 0.321. The lowest BCUT2D eigenvalue weighted by molar-refractivity contribution is -0.790. The molecule has 0 saturated heterocycles. The molecule has 1 aromatic heterocycles. The van der Waals surface area contributed by atoms with E-state index in [9.17, 15) is 5.21 Å². The van der Waals surface area contributed by atoms with E-state index in [0.29, 0.717) is 5.69 Å². The van der Waals surface area contributed by atoms with Gasteiger partial charge in [0.1, 0.15) is 0 Å². The van der Waals surface area contributed by atoms with Gasteiger partial charge < -0.3 is 15.6 Å². The van der Waals surface area contributed by atoms with Crippen molar-refractivity contribution in [2.75, 3.05) is 5.73 Å². The fraction of sp³-hybridized carbons (Fsp3) is 0.333. The van der Waals surface area contributed by atoms with Crippen LogP contribution in [0.4, 0.5) is 5.82 Å². The molecule has 0 aliphatic heterocycles. The van der Waals surface area contributed by atoms with Crippen LogP contribution in [-0.2, 0) is 0 Å². The summed E-state index contributed by atoms with van der Waals surface area (Å²) in [7, 11) is 0. The molecule has 0 radical (unpaired) electrons. The highest BCUT2D eigenvalue weighted by Crippen LogP contribution is 1.96. The summed E-state index contributed by atoms with van der Waals surface area (Å²) in [6, 6.07) is 0. The molecule has 1 rings (SSSR count). The summed E-state index contributed by atoms with van der Waals surface area (Å²) in [6.45, 7) is 1.59. The Kier molecular flexibility index (Phi) is 0.831. The van der Waals surface area contributed by atoms with Crippen molar-refractivity contribution in [3.63, 3.8) is 0 Å². The van der Waals surface area contributed by atoms with Gasteiger partial charge in [0, 0.05) is 6.92 Å². The van der Waals surface area contributed by atoms with Crippen LogP contribution in [0.15, 0.2) is 4.63 Å². The number of nitrogen functional groups attached to an aromatic ring is 1. The predicted octanol–water partition coefficient (Wildman–Crippen LogP) is -0.801. The number of nitrogens with two attached hydrogens (primary N) is 1.